The van der Waals surface area contributed by atoms with Crippen molar-refractivity contribution in [3.8, 4) is 5.75 Å². The van der Waals surface area contributed by atoms with E-state index in [1.165, 1.54) is 12.7 Å². The van der Waals surface area contributed by atoms with Crippen LogP contribution >= 0.6 is 0 Å². The summed E-state index contributed by atoms with van der Waals surface area (Å²) in [5, 5.41) is 10.2. The molecule has 2 aromatic carbocycles. The third kappa shape index (κ3) is 7.11. The number of ether oxygens (including phenoxy) is 4. The molecule has 0 radical (unpaired) electrons. The highest BCUT2D eigenvalue weighted by molar-refractivity contribution is 5.71. The van der Waals surface area contributed by atoms with Crippen molar-refractivity contribution in [2.75, 3.05) is 20.3 Å². The molecule has 7 nitrogen and oxygen atoms in total. The second-order valence-electron chi connectivity index (χ2n) is 10.2. The topological polar surface area (TPSA) is 91.3 Å². The van der Waals surface area contributed by atoms with E-state index in [1.807, 2.05) is 49.4 Å². The van der Waals surface area contributed by atoms with Gasteiger partial charge in [-0.3, -0.25) is 0 Å². The molecule has 0 spiro atoms. The van der Waals surface area contributed by atoms with E-state index in [2.05, 4.69) is 6.07 Å². The second kappa shape index (κ2) is 13.1. The summed E-state index contributed by atoms with van der Waals surface area (Å²) in [6.07, 6.45) is 4.15. The molecule has 200 valence electrons. The van der Waals surface area contributed by atoms with Crippen LogP contribution in [0.5, 0.6) is 5.75 Å². The van der Waals surface area contributed by atoms with E-state index in [0.29, 0.717) is 30.4 Å². The van der Waals surface area contributed by atoms with Crippen LogP contribution in [0.3, 0.4) is 0 Å². The molecule has 2 aliphatic rings. The summed E-state index contributed by atoms with van der Waals surface area (Å²) in [6, 6.07) is 15.6. The van der Waals surface area contributed by atoms with Crippen molar-refractivity contribution in [1.82, 2.24) is 0 Å². The Morgan fingerprint density at radius 2 is 1.84 bits per heavy atom. The zero-order valence-electron chi connectivity index (χ0n) is 21.8. The van der Waals surface area contributed by atoms with Crippen molar-refractivity contribution in [3.63, 3.8) is 0 Å². The highest BCUT2D eigenvalue weighted by Gasteiger charge is 2.47. The van der Waals surface area contributed by atoms with Gasteiger partial charge in [0.05, 0.1) is 6.10 Å². The maximum Gasteiger partial charge on any atom is 0.344 e. The SMILES string of the molecule is CC[C@H](O)CC[C@@H]1[C@H]2Cc3cccc(OCC(=O)OCc4ccccc4)c3C[C@H]2C[C@H]1OC(=O)COC. The minimum atomic E-state index is -0.407. The van der Waals surface area contributed by atoms with Gasteiger partial charge in [0.25, 0.3) is 0 Å². The van der Waals surface area contributed by atoms with E-state index in [0.717, 1.165) is 36.8 Å². The van der Waals surface area contributed by atoms with E-state index < -0.39 is 5.97 Å². The summed E-state index contributed by atoms with van der Waals surface area (Å²) < 4.78 is 22.1. The molecule has 1 N–H and O–H groups in total. The van der Waals surface area contributed by atoms with Crippen molar-refractivity contribution in [1.29, 1.82) is 0 Å². The van der Waals surface area contributed by atoms with Gasteiger partial charge in [-0.1, -0.05) is 49.4 Å². The minimum Gasteiger partial charge on any atom is -0.482 e. The molecular formula is C30H38O7. The van der Waals surface area contributed by atoms with Crippen molar-refractivity contribution in [2.24, 2.45) is 17.8 Å². The van der Waals surface area contributed by atoms with Crippen LogP contribution in [0.2, 0.25) is 0 Å². The molecule has 1 saturated carbocycles. The molecule has 5 atom stereocenters. The van der Waals surface area contributed by atoms with Gasteiger partial charge in [0.2, 0.25) is 0 Å². The van der Waals surface area contributed by atoms with Crippen LogP contribution in [-0.4, -0.2) is 49.6 Å². The molecule has 0 bridgehead atoms. The number of methoxy groups -OCH3 is 1. The Labute approximate surface area is 219 Å². The zero-order chi connectivity index (χ0) is 26.2. The summed E-state index contributed by atoms with van der Waals surface area (Å²) in [7, 11) is 1.49. The van der Waals surface area contributed by atoms with Crippen LogP contribution in [0.1, 0.15) is 49.3 Å². The van der Waals surface area contributed by atoms with Crippen LogP contribution in [0.4, 0.5) is 0 Å². The summed E-state index contributed by atoms with van der Waals surface area (Å²) in [5.41, 5.74) is 3.26. The standard InChI is InChI=1S/C30H38O7/c1-3-23(31)12-13-24-25-14-21-10-7-11-27(35-19-29(32)36-17-20-8-5-4-6-9-20)26(21)15-22(25)16-28(24)37-30(33)18-34-2/h4-11,22-25,28,31H,3,12-19H2,1-2H3/t22-,23-,24+,25-,28+/m0/s1. The quantitative estimate of drug-likeness (QED) is 0.427. The van der Waals surface area contributed by atoms with Crippen LogP contribution < -0.4 is 4.74 Å². The average molecular weight is 511 g/mol. The van der Waals surface area contributed by atoms with Crippen LogP contribution in [0.15, 0.2) is 48.5 Å². The Hall–Kier alpha value is -2.90. The third-order valence-electron chi connectivity index (χ3n) is 7.76. The van der Waals surface area contributed by atoms with Gasteiger partial charge in [-0.25, -0.2) is 9.59 Å². The molecule has 2 aromatic rings. The minimum absolute atomic E-state index is 0.0608. The Kier molecular flexibility index (Phi) is 9.58. The first-order chi connectivity index (χ1) is 18.0. The van der Waals surface area contributed by atoms with Crippen LogP contribution in [0, 0.1) is 17.8 Å². The van der Waals surface area contributed by atoms with Crippen LogP contribution in [-0.2, 0) is 43.2 Å². The summed E-state index contributed by atoms with van der Waals surface area (Å²) >= 11 is 0. The smallest absolute Gasteiger partial charge is 0.344 e. The van der Waals surface area contributed by atoms with Gasteiger partial charge in [-0.05, 0) is 79.0 Å². The van der Waals surface area contributed by atoms with E-state index in [1.54, 1.807) is 0 Å². The first kappa shape index (κ1) is 27.1. The predicted octanol–water partition coefficient (Wildman–Crippen LogP) is 4.27. The number of rotatable bonds is 12. The number of esters is 2. The number of hydrogen-bond donors (Lipinski definition) is 1. The fourth-order valence-electron chi connectivity index (χ4n) is 5.87. The van der Waals surface area contributed by atoms with Gasteiger partial charge in [-0.2, -0.15) is 0 Å². The van der Waals surface area contributed by atoms with Gasteiger partial charge in [0.15, 0.2) is 6.61 Å². The Balaban J connectivity index is 1.41. The molecule has 0 unspecified atom stereocenters. The molecule has 37 heavy (non-hydrogen) atoms. The van der Waals surface area contributed by atoms with Gasteiger partial charge < -0.3 is 24.1 Å². The summed E-state index contributed by atoms with van der Waals surface area (Å²) in [4.78, 5) is 24.6. The first-order valence-electron chi connectivity index (χ1n) is 13.3. The van der Waals surface area contributed by atoms with Gasteiger partial charge >= 0.3 is 11.9 Å². The lowest BCUT2D eigenvalue weighted by molar-refractivity contribution is -0.155. The number of carbonyl (C=O) groups excluding carboxylic acids is 2. The molecular weight excluding hydrogens is 472 g/mol. The largest absolute Gasteiger partial charge is 0.482 e. The molecule has 0 aromatic heterocycles. The molecule has 0 heterocycles. The normalized spacial score (nSPS) is 23.0. The number of benzene rings is 2. The van der Waals surface area contributed by atoms with E-state index >= 15 is 0 Å². The van der Waals surface area contributed by atoms with Crippen molar-refractivity contribution in [3.05, 3.63) is 65.2 Å². The Morgan fingerprint density at radius 3 is 2.59 bits per heavy atom. The molecule has 7 heteroatoms. The van der Waals surface area contributed by atoms with Crippen molar-refractivity contribution in [2.45, 2.75) is 64.3 Å². The maximum absolute atomic E-state index is 12.3. The number of hydrogen-bond acceptors (Lipinski definition) is 7. The summed E-state index contributed by atoms with van der Waals surface area (Å²) in [5.74, 6) is 0.857. The lowest BCUT2D eigenvalue weighted by Gasteiger charge is -2.32. The number of carbonyl (C=O) groups is 2. The zero-order valence-corrected chi connectivity index (χ0v) is 21.8. The second-order valence-corrected chi connectivity index (χ2v) is 10.2. The number of aliphatic hydroxyl groups excluding tert-OH is 1. The van der Waals surface area contributed by atoms with E-state index in [9.17, 15) is 14.7 Å². The molecule has 1 fully saturated rings. The van der Waals surface area contributed by atoms with Crippen molar-refractivity contribution >= 4 is 11.9 Å². The first-order valence-corrected chi connectivity index (χ1v) is 13.3. The van der Waals surface area contributed by atoms with Gasteiger partial charge in [-0.15, -0.1) is 0 Å². The fourth-order valence-corrected chi connectivity index (χ4v) is 5.87. The van der Waals surface area contributed by atoms with Crippen molar-refractivity contribution < 1.29 is 33.6 Å². The highest BCUT2D eigenvalue weighted by Crippen LogP contribution is 2.49. The third-order valence-corrected chi connectivity index (χ3v) is 7.76. The molecule has 0 aliphatic heterocycles. The van der Waals surface area contributed by atoms with Crippen LogP contribution in [0.25, 0.3) is 0 Å². The highest BCUT2D eigenvalue weighted by atomic mass is 16.6. The fraction of sp³-hybridized carbons (Fsp3) is 0.533. The molecule has 0 saturated heterocycles. The lowest BCUT2D eigenvalue weighted by Crippen LogP contribution is -2.30. The monoisotopic (exact) mass is 510 g/mol. The summed E-state index contributed by atoms with van der Waals surface area (Å²) in [6.45, 7) is 1.99. The number of aliphatic hydroxyl groups is 1. The molecule has 0 amide bonds. The van der Waals surface area contributed by atoms with Gasteiger partial charge in [0, 0.05) is 7.11 Å². The molecule has 4 rings (SSSR count). The lowest BCUT2D eigenvalue weighted by atomic mass is 9.73. The Morgan fingerprint density at radius 1 is 1.03 bits per heavy atom. The maximum atomic E-state index is 12.3. The van der Waals surface area contributed by atoms with E-state index in [4.69, 9.17) is 18.9 Å². The average Bonchev–Trinajstić information content (AvgIpc) is 3.24. The van der Waals surface area contributed by atoms with Gasteiger partial charge in [0.1, 0.15) is 25.1 Å². The Bertz CT molecular complexity index is 1040. The molecule has 2 aliphatic carbocycles. The predicted molar refractivity (Wildman–Crippen MR) is 138 cm³/mol. The van der Waals surface area contributed by atoms with E-state index in [-0.39, 0.29) is 43.9 Å². The number of fused-ring (bicyclic) bond motifs is 2.